The van der Waals surface area contributed by atoms with Crippen molar-refractivity contribution in [1.82, 2.24) is 5.32 Å². The smallest absolute Gasteiger partial charge is 0.220 e. The van der Waals surface area contributed by atoms with Crippen molar-refractivity contribution in [2.24, 2.45) is 0 Å². The second kappa shape index (κ2) is 48.9. The molecule has 2 aliphatic heterocycles. The van der Waals surface area contributed by atoms with E-state index in [0.29, 0.717) is 12.8 Å². The third kappa shape index (κ3) is 34.3. The molecule has 0 aromatic carbocycles. The zero-order valence-electron chi connectivity index (χ0n) is 48.7. The van der Waals surface area contributed by atoms with Crippen LogP contribution in [-0.2, 0) is 23.7 Å². The van der Waals surface area contributed by atoms with E-state index in [0.717, 1.165) is 44.9 Å². The molecule has 2 fully saturated rings. The molecule has 12 unspecified atom stereocenters. The number of carbonyl (C=O) groups is 1. The second-order valence-corrected chi connectivity index (χ2v) is 22.5. The maximum absolute atomic E-state index is 13.2. The molecular formula is C63H117NO13. The average molecular weight is 1100 g/mol. The molecule has 2 aliphatic rings. The van der Waals surface area contributed by atoms with E-state index in [1.165, 1.54) is 186 Å². The van der Waals surface area contributed by atoms with Gasteiger partial charge in [-0.05, 0) is 44.9 Å². The highest BCUT2D eigenvalue weighted by Crippen LogP contribution is 2.30. The van der Waals surface area contributed by atoms with Gasteiger partial charge >= 0.3 is 0 Å². The van der Waals surface area contributed by atoms with Crippen LogP contribution < -0.4 is 5.32 Å². The van der Waals surface area contributed by atoms with Crippen LogP contribution in [0, 0.1) is 0 Å². The number of hydrogen-bond acceptors (Lipinski definition) is 13. The molecule has 0 aromatic heterocycles. The summed E-state index contributed by atoms with van der Waals surface area (Å²) in [5.41, 5.74) is 0. The fourth-order valence-electron chi connectivity index (χ4n) is 10.4. The third-order valence-corrected chi connectivity index (χ3v) is 15.6. The fraction of sp³-hybridized carbons (Fsp3) is 0.889. The maximum Gasteiger partial charge on any atom is 0.220 e. The lowest BCUT2D eigenvalue weighted by Gasteiger charge is -2.46. The monoisotopic (exact) mass is 1100 g/mol. The van der Waals surface area contributed by atoms with Gasteiger partial charge in [0.05, 0.1) is 32.0 Å². The van der Waals surface area contributed by atoms with E-state index < -0.39 is 86.8 Å². The van der Waals surface area contributed by atoms with Gasteiger partial charge in [0.2, 0.25) is 5.91 Å². The number of carbonyl (C=O) groups excluding carboxylic acids is 1. The van der Waals surface area contributed by atoms with Gasteiger partial charge in [-0.1, -0.05) is 249 Å². The molecule has 77 heavy (non-hydrogen) atoms. The Morgan fingerprint density at radius 3 is 1.27 bits per heavy atom. The van der Waals surface area contributed by atoms with Gasteiger partial charge in [0, 0.05) is 6.42 Å². The van der Waals surface area contributed by atoms with E-state index in [4.69, 9.17) is 18.9 Å². The van der Waals surface area contributed by atoms with Crippen LogP contribution in [0.5, 0.6) is 0 Å². The van der Waals surface area contributed by atoms with Crippen molar-refractivity contribution < 1.29 is 64.6 Å². The Bertz CT molecular complexity index is 1430. The molecule has 452 valence electrons. The van der Waals surface area contributed by atoms with Crippen molar-refractivity contribution in [3.05, 3.63) is 36.5 Å². The first-order valence-corrected chi connectivity index (χ1v) is 31.7. The number of unbranched alkanes of at least 4 members (excludes halogenated alkanes) is 34. The van der Waals surface area contributed by atoms with Crippen molar-refractivity contribution in [3.8, 4) is 0 Å². The molecule has 14 nitrogen and oxygen atoms in total. The van der Waals surface area contributed by atoms with E-state index in [-0.39, 0.29) is 18.9 Å². The van der Waals surface area contributed by atoms with Crippen molar-refractivity contribution in [3.63, 3.8) is 0 Å². The minimum atomic E-state index is -1.79. The van der Waals surface area contributed by atoms with Crippen molar-refractivity contribution in [2.75, 3.05) is 19.8 Å². The molecule has 0 saturated carbocycles. The molecule has 2 saturated heterocycles. The van der Waals surface area contributed by atoms with Gasteiger partial charge in [0.15, 0.2) is 12.6 Å². The SMILES string of the molecule is CCCCCCCCCCCCCCCCCCCCCC/C=C/CC/C=C/CC/C=C/C(O)C(COC1OC(CO)C(OC2OC(CO)C(O)C(O)C2O)C(O)C1O)NC(=O)CCCCCCCCCCCCCCC. The summed E-state index contributed by atoms with van der Waals surface area (Å²) in [6, 6.07) is -0.935. The Morgan fingerprint density at radius 1 is 0.455 bits per heavy atom. The number of rotatable bonds is 51. The number of hydrogen-bond donors (Lipinski definition) is 9. The molecule has 0 radical (unpaired) electrons. The number of aliphatic hydroxyl groups excluding tert-OH is 8. The van der Waals surface area contributed by atoms with Gasteiger partial charge in [-0.25, -0.2) is 0 Å². The minimum Gasteiger partial charge on any atom is -0.394 e. The Hall–Kier alpha value is -1.79. The number of aliphatic hydroxyl groups is 8. The van der Waals surface area contributed by atoms with Gasteiger partial charge in [-0.2, -0.15) is 0 Å². The van der Waals surface area contributed by atoms with E-state index in [1.807, 2.05) is 6.08 Å². The number of amides is 1. The van der Waals surface area contributed by atoms with Gasteiger partial charge in [0.1, 0.15) is 48.8 Å². The highest BCUT2D eigenvalue weighted by molar-refractivity contribution is 5.76. The summed E-state index contributed by atoms with van der Waals surface area (Å²) in [5.74, 6) is -0.252. The predicted molar refractivity (Wildman–Crippen MR) is 309 cm³/mol. The van der Waals surface area contributed by atoms with Crippen molar-refractivity contribution >= 4 is 5.91 Å². The number of allylic oxidation sites excluding steroid dienone is 5. The van der Waals surface area contributed by atoms with Crippen LogP contribution in [0.3, 0.4) is 0 Å². The normalized spacial score (nSPS) is 24.9. The molecule has 9 N–H and O–H groups in total. The zero-order chi connectivity index (χ0) is 56.0. The van der Waals surface area contributed by atoms with Crippen LogP contribution in [-0.4, -0.2) is 140 Å². The third-order valence-electron chi connectivity index (χ3n) is 15.6. The van der Waals surface area contributed by atoms with Gasteiger partial charge in [0.25, 0.3) is 0 Å². The van der Waals surface area contributed by atoms with Gasteiger partial charge in [-0.15, -0.1) is 0 Å². The molecule has 0 aromatic rings. The molecule has 0 bridgehead atoms. The molecule has 1 amide bonds. The standard InChI is InChI=1S/C63H117NO13/c1-3-5-7-9-11-13-15-17-18-19-20-21-22-23-24-25-26-27-28-29-30-31-32-33-35-36-38-40-42-44-46-52(67)51(64-55(68)47-45-43-41-39-37-34-16-14-12-10-8-6-4-2)50-74-62-60(73)58(71)61(54(49-66)76-62)77-63-59(72)57(70)56(69)53(48-65)75-63/h31-32,36,38,44,46,51-54,56-63,65-67,69-73H,3-30,33-35,37,39-43,45,47-50H2,1-2H3,(H,64,68)/b32-31+,38-36+,46-44+. The van der Waals surface area contributed by atoms with Crippen LogP contribution in [0.25, 0.3) is 0 Å². The van der Waals surface area contributed by atoms with Crippen LogP contribution in [0.1, 0.15) is 264 Å². The number of nitrogens with one attached hydrogen (secondary N) is 1. The van der Waals surface area contributed by atoms with Crippen LogP contribution in [0.15, 0.2) is 36.5 Å². The molecule has 2 rings (SSSR count). The minimum absolute atomic E-state index is 0.252. The van der Waals surface area contributed by atoms with Crippen molar-refractivity contribution in [1.29, 1.82) is 0 Å². The predicted octanol–water partition coefficient (Wildman–Crippen LogP) is 11.4. The Labute approximate surface area is 468 Å². The molecule has 14 heteroatoms. The van der Waals surface area contributed by atoms with Gasteiger partial charge in [-0.3, -0.25) is 4.79 Å². The summed E-state index contributed by atoms with van der Waals surface area (Å²) in [5, 5.41) is 87.0. The lowest BCUT2D eigenvalue weighted by atomic mass is 9.97. The maximum atomic E-state index is 13.2. The van der Waals surface area contributed by atoms with E-state index in [2.05, 4.69) is 43.5 Å². The van der Waals surface area contributed by atoms with Crippen molar-refractivity contribution in [2.45, 2.75) is 338 Å². The first-order chi connectivity index (χ1) is 37.6. The van der Waals surface area contributed by atoms with Crippen LogP contribution in [0.2, 0.25) is 0 Å². The quantitative estimate of drug-likeness (QED) is 0.0204. The lowest BCUT2D eigenvalue weighted by Crippen LogP contribution is -2.65. The fourth-order valence-corrected chi connectivity index (χ4v) is 10.4. The Balaban J connectivity index is 1.71. The highest BCUT2D eigenvalue weighted by Gasteiger charge is 2.51. The molecule has 12 atom stereocenters. The van der Waals surface area contributed by atoms with E-state index in [9.17, 15) is 45.6 Å². The molecule has 2 heterocycles. The van der Waals surface area contributed by atoms with Gasteiger partial charge < -0.3 is 65.1 Å². The topological polar surface area (TPSA) is 228 Å². The Morgan fingerprint density at radius 2 is 0.831 bits per heavy atom. The summed E-state index contributed by atoms with van der Waals surface area (Å²) in [6.45, 7) is 2.79. The first-order valence-electron chi connectivity index (χ1n) is 31.7. The Kier molecular flexibility index (Phi) is 45.3. The zero-order valence-corrected chi connectivity index (χ0v) is 48.7. The second-order valence-electron chi connectivity index (χ2n) is 22.5. The average Bonchev–Trinajstić information content (AvgIpc) is 3.43. The lowest BCUT2D eigenvalue weighted by molar-refractivity contribution is -0.359. The summed E-state index contributed by atoms with van der Waals surface area (Å²) in [4.78, 5) is 13.2. The first kappa shape index (κ1) is 71.3. The molecule has 0 aliphatic carbocycles. The molecule has 0 spiro atoms. The van der Waals surface area contributed by atoms with Crippen LogP contribution >= 0.6 is 0 Å². The largest absolute Gasteiger partial charge is 0.394 e. The molecular weight excluding hydrogens is 979 g/mol. The van der Waals surface area contributed by atoms with Crippen LogP contribution in [0.4, 0.5) is 0 Å². The summed E-state index contributed by atoms with van der Waals surface area (Å²) >= 11 is 0. The summed E-state index contributed by atoms with van der Waals surface area (Å²) in [7, 11) is 0. The summed E-state index contributed by atoms with van der Waals surface area (Å²) in [6.07, 6.45) is 43.6. The van der Waals surface area contributed by atoms with E-state index in [1.54, 1.807) is 6.08 Å². The highest BCUT2D eigenvalue weighted by atomic mass is 16.7. The van der Waals surface area contributed by atoms with E-state index >= 15 is 0 Å². The summed E-state index contributed by atoms with van der Waals surface area (Å²) < 4.78 is 22.7. The number of ether oxygens (including phenoxy) is 4.